The summed E-state index contributed by atoms with van der Waals surface area (Å²) in [7, 11) is 1.54. The lowest BCUT2D eigenvalue weighted by Crippen LogP contribution is -2.03. The number of hydrogen-bond donors (Lipinski definition) is 0. The van der Waals surface area contributed by atoms with Crippen molar-refractivity contribution < 1.29 is 22.6 Å². The van der Waals surface area contributed by atoms with Crippen molar-refractivity contribution in [2.24, 2.45) is 0 Å². The van der Waals surface area contributed by atoms with Gasteiger partial charge in [0, 0.05) is 0 Å². The quantitative estimate of drug-likeness (QED) is 0.584. The van der Waals surface area contributed by atoms with Gasteiger partial charge in [-0.15, -0.1) is 0 Å². The van der Waals surface area contributed by atoms with Crippen molar-refractivity contribution in [3.8, 4) is 5.75 Å². The van der Waals surface area contributed by atoms with Gasteiger partial charge in [-0.3, -0.25) is 0 Å². The second-order valence-electron chi connectivity index (χ2n) is 3.70. The molecule has 0 aliphatic heterocycles. The topological polar surface area (TPSA) is 18.5 Å². The van der Waals surface area contributed by atoms with Crippen molar-refractivity contribution in [2.75, 3.05) is 7.11 Å². The third-order valence-corrected chi connectivity index (χ3v) is 2.29. The normalized spacial score (nSPS) is 13.9. The molecule has 0 aliphatic carbocycles. The van der Waals surface area contributed by atoms with E-state index < -0.39 is 12.3 Å². The molecule has 0 saturated heterocycles. The number of alkyl halides is 3. The van der Waals surface area contributed by atoms with E-state index in [2.05, 4.69) is 0 Å². The molecule has 104 valence electrons. The first-order valence-corrected chi connectivity index (χ1v) is 5.63. The molecule has 0 bridgehead atoms. The fraction of sp³-hybridized carbons (Fsp3) is 0.286. The molecule has 2 nitrogen and oxygen atoms in total. The lowest BCUT2D eigenvalue weighted by Gasteiger charge is -2.13. The van der Waals surface area contributed by atoms with Crippen LogP contribution in [0.15, 0.2) is 48.8 Å². The second kappa shape index (κ2) is 6.87. The molecule has 0 amide bonds. The van der Waals surface area contributed by atoms with E-state index in [4.69, 9.17) is 9.47 Å². The van der Waals surface area contributed by atoms with Crippen LogP contribution >= 0.6 is 0 Å². The van der Waals surface area contributed by atoms with Gasteiger partial charge in [0.1, 0.15) is 11.9 Å². The van der Waals surface area contributed by atoms with Crippen LogP contribution in [0.2, 0.25) is 0 Å². The summed E-state index contributed by atoms with van der Waals surface area (Å²) >= 11 is 0. The van der Waals surface area contributed by atoms with Crippen LogP contribution in [0.5, 0.6) is 5.75 Å². The minimum atomic E-state index is -4.37. The predicted octanol–water partition coefficient (Wildman–Crippen LogP) is 4.41. The smallest absolute Gasteiger partial charge is 0.412 e. The third-order valence-electron chi connectivity index (χ3n) is 2.29. The highest BCUT2D eigenvalue weighted by Gasteiger charge is 2.22. The summed E-state index contributed by atoms with van der Waals surface area (Å²) in [6.07, 6.45) is -0.823. The lowest BCUT2D eigenvalue weighted by molar-refractivity contribution is -0.0819. The number of allylic oxidation sites excluding steroid dienone is 2. The molecule has 1 aromatic carbocycles. The molecule has 1 unspecified atom stereocenters. The van der Waals surface area contributed by atoms with Gasteiger partial charge in [0.15, 0.2) is 0 Å². The molecule has 1 rings (SSSR count). The van der Waals surface area contributed by atoms with E-state index in [1.54, 1.807) is 50.5 Å². The summed E-state index contributed by atoms with van der Waals surface area (Å²) in [5.74, 6) is 0.675. The van der Waals surface area contributed by atoms with E-state index in [-0.39, 0.29) is 6.08 Å². The van der Waals surface area contributed by atoms with Crippen LogP contribution in [0, 0.1) is 0 Å². The van der Waals surface area contributed by atoms with E-state index in [1.165, 1.54) is 0 Å². The summed E-state index contributed by atoms with van der Waals surface area (Å²) < 4.78 is 46.1. The number of methoxy groups -OCH3 is 1. The van der Waals surface area contributed by atoms with Gasteiger partial charge >= 0.3 is 6.18 Å². The molecule has 19 heavy (non-hydrogen) atoms. The number of hydrogen-bond acceptors (Lipinski definition) is 2. The van der Waals surface area contributed by atoms with E-state index in [0.29, 0.717) is 12.0 Å². The molecule has 0 saturated carbocycles. The zero-order valence-electron chi connectivity index (χ0n) is 10.6. The van der Waals surface area contributed by atoms with Crippen LogP contribution in [0.3, 0.4) is 0 Å². The summed E-state index contributed by atoms with van der Waals surface area (Å²) in [6, 6.07) is 6.93. The van der Waals surface area contributed by atoms with Gasteiger partial charge in [-0.1, -0.05) is 18.2 Å². The molecule has 0 spiro atoms. The average Bonchev–Trinajstić information content (AvgIpc) is 2.36. The molecule has 0 radical (unpaired) electrons. The molecule has 0 fully saturated rings. The molecule has 1 aromatic rings. The number of benzene rings is 1. The van der Waals surface area contributed by atoms with E-state index in [1.807, 2.05) is 0 Å². The van der Waals surface area contributed by atoms with Crippen molar-refractivity contribution in [3.05, 3.63) is 54.3 Å². The standard InChI is InChI=1S/C14H15F3O2/c1-3-4-13(19-10-9-14(15,16)17)11-5-7-12(18-2)8-6-11/h3-10,13H,1-2H3/b4-3+,10-9+. The zero-order chi connectivity index (χ0) is 14.3. The molecule has 0 aromatic heterocycles. The van der Waals surface area contributed by atoms with Gasteiger partial charge in [-0.25, -0.2) is 0 Å². The first-order valence-electron chi connectivity index (χ1n) is 5.63. The van der Waals surface area contributed by atoms with Crippen LogP contribution in [-0.2, 0) is 4.74 Å². The molecule has 0 N–H and O–H groups in total. The maximum atomic E-state index is 12.0. The Hall–Kier alpha value is -1.91. The first-order chi connectivity index (χ1) is 8.96. The molecule has 5 heteroatoms. The van der Waals surface area contributed by atoms with Gasteiger partial charge in [-0.2, -0.15) is 13.2 Å². The van der Waals surface area contributed by atoms with Crippen LogP contribution in [0.25, 0.3) is 0 Å². The molecular weight excluding hydrogens is 257 g/mol. The van der Waals surface area contributed by atoms with Gasteiger partial charge in [0.05, 0.1) is 19.4 Å². The fourth-order valence-electron chi connectivity index (χ4n) is 1.40. The fourth-order valence-corrected chi connectivity index (χ4v) is 1.40. The minimum absolute atomic E-state index is 0.0625. The van der Waals surface area contributed by atoms with E-state index >= 15 is 0 Å². The Morgan fingerprint density at radius 2 is 1.79 bits per heavy atom. The summed E-state index contributed by atoms with van der Waals surface area (Å²) in [5, 5.41) is 0. The first kappa shape index (κ1) is 15.1. The van der Waals surface area contributed by atoms with Crippen molar-refractivity contribution in [1.29, 1.82) is 0 Å². The summed E-state index contributed by atoms with van der Waals surface area (Å²) in [6.45, 7) is 1.77. The van der Waals surface area contributed by atoms with Gasteiger partial charge in [0.25, 0.3) is 0 Å². The number of rotatable bonds is 5. The van der Waals surface area contributed by atoms with Crippen LogP contribution in [0.4, 0.5) is 13.2 Å². The van der Waals surface area contributed by atoms with Crippen LogP contribution < -0.4 is 4.74 Å². The Bertz CT molecular complexity index is 433. The molecule has 0 heterocycles. The summed E-state index contributed by atoms with van der Waals surface area (Å²) in [5.41, 5.74) is 0.741. The Morgan fingerprint density at radius 1 is 1.16 bits per heavy atom. The third kappa shape index (κ3) is 5.50. The van der Waals surface area contributed by atoms with E-state index in [0.717, 1.165) is 5.56 Å². The van der Waals surface area contributed by atoms with Crippen molar-refractivity contribution in [3.63, 3.8) is 0 Å². The molecular formula is C14H15F3O2. The predicted molar refractivity (Wildman–Crippen MR) is 66.8 cm³/mol. The maximum absolute atomic E-state index is 12.0. The Balaban J connectivity index is 2.79. The number of halogens is 3. The molecule has 1 atom stereocenters. The van der Waals surface area contributed by atoms with Crippen LogP contribution in [-0.4, -0.2) is 13.3 Å². The zero-order valence-corrected chi connectivity index (χ0v) is 10.6. The Kier molecular flexibility index (Phi) is 5.48. The van der Waals surface area contributed by atoms with Gasteiger partial charge in [-0.05, 0) is 30.7 Å². The van der Waals surface area contributed by atoms with Gasteiger partial charge in [0.2, 0.25) is 0 Å². The largest absolute Gasteiger partial charge is 0.497 e. The highest BCUT2D eigenvalue weighted by Crippen LogP contribution is 2.23. The Labute approximate surface area is 110 Å². The monoisotopic (exact) mass is 272 g/mol. The van der Waals surface area contributed by atoms with E-state index in [9.17, 15) is 13.2 Å². The minimum Gasteiger partial charge on any atom is -0.497 e. The SMILES string of the molecule is C/C=C/C(O/C=C/C(F)(F)F)c1ccc(OC)cc1. The highest BCUT2D eigenvalue weighted by molar-refractivity contribution is 5.30. The lowest BCUT2D eigenvalue weighted by atomic mass is 10.1. The second-order valence-corrected chi connectivity index (χ2v) is 3.70. The Morgan fingerprint density at radius 3 is 2.26 bits per heavy atom. The summed E-state index contributed by atoms with van der Waals surface area (Å²) in [4.78, 5) is 0. The van der Waals surface area contributed by atoms with Crippen LogP contribution in [0.1, 0.15) is 18.6 Å². The molecule has 0 aliphatic rings. The highest BCUT2D eigenvalue weighted by atomic mass is 19.4. The van der Waals surface area contributed by atoms with Crippen molar-refractivity contribution in [1.82, 2.24) is 0 Å². The van der Waals surface area contributed by atoms with Crippen molar-refractivity contribution >= 4 is 0 Å². The maximum Gasteiger partial charge on any atom is 0.412 e. The number of ether oxygens (including phenoxy) is 2. The van der Waals surface area contributed by atoms with Crippen molar-refractivity contribution in [2.45, 2.75) is 19.2 Å². The van der Waals surface area contributed by atoms with Gasteiger partial charge < -0.3 is 9.47 Å². The average molecular weight is 272 g/mol.